The molecular weight excluding hydrogens is 220 g/mol. The van der Waals surface area contributed by atoms with Gasteiger partial charge in [0.1, 0.15) is 5.75 Å². The molecule has 16 heavy (non-hydrogen) atoms. The molecule has 1 fully saturated rings. The van der Waals surface area contributed by atoms with E-state index in [2.05, 4.69) is 17.1 Å². The van der Waals surface area contributed by atoms with Crippen molar-refractivity contribution >= 4 is 23.1 Å². The molecule has 4 heteroatoms. The van der Waals surface area contributed by atoms with Crippen LogP contribution in [0.25, 0.3) is 0 Å². The van der Waals surface area contributed by atoms with Crippen molar-refractivity contribution in [2.45, 2.75) is 18.1 Å². The summed E-state index contributed by atoms with van der Waals surface area (Å²) < 4.78 is 5.18. The van der Waals surface area contributed by atoms with Gasteiger partial charge in [-0.15, -0.1) is 0 Å². The van der Waals surface area contributed by atoms with Gasteiger partial charge in [-0.05, 0) is 24.7 Å². The average molecular weight is 238 g/mol. The molecule has 0 aromatic heterocycles. The van der Waals surface area contributed by atoms with Crippen LogP contribution in [0.3, 0.4) is 0 Å². The zero-order chi connectivity index (χ0) is 11.4. The fourth-order valence-electron chi connectivity index (χ4n) is 1.88. The Morgan fingerprint density at radius 2 is 2.38 bits per heavy atom. The van der Waals surface area contributed by atoms with Gasteiger partial charge in [0.25, 0.3) is 0 Å². The third kappa shape index (κ3) is 2.98. The average Bonchev–Trinajstić information content (AvgIpc) is 2.78. The van der Waals surface area contributed by atoms with E-state index in [1.807, 2.05) is 18.2 Å². The number of rotatable bonds is 4. The Balaban J connectivity index is 1.94. The second-order valence-electron chi connectivity index (χ2n) is 4.01. The van der Waals surface area contributed by atoms with Gasteiger partial charge in [-0.25, -0.2) is 0 Å². The summed E-state index contributed by atoms with van der Waals surface area (Å²) in [6.07, 6.45) is 2.66. The van der Waals surface area contributed by atoms with Crippen LogP contribution in [0, 0.1) is 0 Å². The maximum absolute atomic E-state index is 5.79. The highest BCUT2D eigenvalue weighted by Crippen LogP contribution is 2.27. The van der Waals surface area contributed by atoms with E-state index in [0.29, 0.717) is 0 Å². The molecule has 1 aliphatic rings. The highest BCUT2D eigenvalue weighted by atomic mass is 32.2. The van der Waals surface area contributed by atoms with E-state index in [1.54, 1.807) is 7.11 Å². The number of anilines is 2. The van der Waals surface area contributed by atoms with E-state index < -0.39 is 0 Å². The molecule has 0 radical (unpaired) electrons. The van der Waals surface area contributed by atoms with E-state index in [0.717, 1.165) is 28.9 Å². The molecule has 1 heterocycles. The van der Waals surface area contributed by atoms with Crippen molar-refractivity contribution in [3.63, 3.8) is 0 Å². The van der Waals surface area contributed by atoms with E-state index in [4.69, 9.17) is 10.5 Å². The molecule has 1 saturated heterocycles. The second-order valence-corrected chi connectivity index (χ2v) is 5.42. The van der Waals surface area contributed by atoms with Gasteiger partial charge in [-0.3, -0.25) is 0 Å². The fraction of sp³-hybridized carbons (Fsp3) is 0.500. The largest absolute Gasteiger partial charge is 0.497 e. The Morgan fingerprint density at radius 3 is 3.06 bits per heavy atom. The second kappa shape index (κ2) is 5.34. The molecule has 0 aliphatic carbocycles. The number of thioether (sulfide) groups is 1. The van der Waals surface area contributed by atoms with Crippen LogP contribution in [0.5, 0.6) is 5.75 Å². The summed E-state index contributed by atoms with van der Waals surface area (Å²) in [6, 6.07) is 5.76. The van der Waals surface area contributed by atoms with Crippen molar-refractivity contribution in [2.24, 2.45) is 0 Å². The minimum atomic E-state index is 0.737. The summed E-state index contributed by atoms with van der Waals surface area (Å²) in [5.41, 5.74) is 7.58. The molecule has 1 aliphatic heterocycles. The lowest BCUT2D eigenvalue weighted by molar-refractivity contribution is 0.415. The SMILES string of the molecule is COc1cc(N)cc(NCC2CCCS2)c1. The van der Waals surface area contributed by atoms with E-state index >= 15 is 0 Å². The molecular formula is C12H18N2OS. The number of hydrogen-bond donors (Lipinski definition) is 2. The van der Waals surface area contributed by atoms with Crippen molar-refractivity contribution in [2.75, 3.05) is 30.5 Å². The third-order valence-corrected chi connectivity index (χ3v) is 4.12. The lowest BCUT2D eigenvalue weighted by Gasteiger charge is -2.12. The van der Waals surface area contributed by atoms with Crippen molar-refractivity contribution in [1.29, 1.82) is 0 Å². The third-order valence-electron chi connectivity index (χ3n) is 2.72. The fourth-order valence-corrected chi connectivity index (χ4v) is 3.08. The lowest BCUT2D eigenvalue weighted by Crippen LogP contribution is -2.13. The number of nitrogens with one attached hydrogen (secondary N) is 1. The Bertz CT molecular complexity index is 351. The monoisotopic (exact) mass is 238 g/mol. The van der Waals surface area contributed by atoms with Gasteiger partial charge >= 0.3 is 0 Å². The molecule has 0 saturated carbocycles. The quantitative estimate of drug-likeness (QED) is 0.792. The van der Waals surface area contributed by atoms with Crippen LogP contribution in [0.4, 0.5) is 11.4 Å². The molecule has 1 aromatic rings. The summed E-state index contributed by atoms with van der Waals surface area (Å²) in [6.45, 7) is 1.01. The van der Waals surface area contributed by atoms with Crippen LogP contribution in [0.2, 0.25) is 0 Å². The van der Waals surface area contributed by atoms with Gasteiger partial charge in [-0.2, -0.15) is 11.8 Å². The summed E-state index contributed by atoms with van der Waals surface area (Å²) in [7, 11) is 1.66. The van der Waals surface area contributed by atoms with E-state index in [9.17, 15) is 0 Å². The molecule has 0 bridgehead atoms. The zero-order valence-corrected chi connectivity index (χ0v) is 10.3. The summed E-state index contributed by atoms with van der Waals surface area (Å²) >= 11 is 2.05. The zero-order valence-electron chi connectivity index (χ0n) is 9.53. The van der Waals surface area contributed by atoms with Gasteiger partial charge < -0.3 is 15.8 Å². The predicted molar refractivity (Wildman–Crippen MR) is 71.4 cm³/mol. The van der Waals surface area contributed by atoms with Crippen LogP contribution >= 0.6 is 11.8 Å². The molecule has 1 aromatic carbocycles. The van der Waals surface area contributed by atoms with Gasteiger partial charge in [0.05, 0.1) is 7.11 Å². The number of hydrogen-bond acceptors (Lipinski definition) is 4. The van der Waals surface area contributed by atoms with Gasteiger partial charge in [0.15, 0.2) is 0 Å². The number of ether oxygens (including phenoxy) is 1. The first kappa shape index (κ1) is 11.5. The Morgan fingerprint density at radius 1 is 1.50 bits per heavy atom. The smallest absolute Gasteiger partial charge is 0.122 e. The number of benzene rings is 1. The van der Waals surface area contributed by atoms with Crippen LogP contribution in [0.1, 0.15) is 12.8 Å². The number of nitrogen functional groups attached to an aromatic ring is 1. The minimum absolute atomic E-state index is 0.737. The highest BCUT2D eigenvalue weighted by molar-refractivity contribution is 8.00. The van der Waals surface area contributed by atoms with Gasteiger partial charge in [-0.1, -0.05) is 0 Å². The Hall–Kier alpha value is -1.03. The van der Waals surface area contributed by atoms with Crippen LogP contribution in [0.15, 0.2) is 18.2 Å². The summed E-state index contributed by atoms with van der Waals surface area (Å²) in [5.74, 6) is 2.11. The molecule has 0 spiro atoms. The summed E-state index contributed by atoms with van der Waals surface area (Å²) in [4.78, 5) is 0. The molecule has 1 atom stereocenters. The van der Waals surface area contributed by atoms with Crippen molar-refractivity contribution in [3.05, 3.63) is 18.2 Å². The molecule has 0 amide bonds. The minimum Gasteiger partial charge on any atom is -0.497 e. The lowest BCUT2D eigenvalue weighted by atomic mass is 10.2. The Labute approximate surface area is 101 Å². The normalized spacial score (nSPS) is 19.7. The summed E-state index contributed by atoms with van der Waals surface area (Å²) in [5, 5.41) is 4.16. The maximum atomic E-state index is 5.79. The molecule has 1 unspecified atom stereocenters. The molecule has 88 valence electrons. The number of methoxy groups -OCH3 is 1. The first-order chi connectivity index (χ1) is 7.78. The van der Waals surface area contributed by atoms with Crippen LogP contribution in [-0.4, -0.2) is 24.7 Å². The number of nitrogens with two attached hydrogens (primary N) is 1. The van der Waals surface area contributed by atoms with Crippen LogP contribution < -0.4 is 15.8 Å². The highest BCUT2D eigenvalue weighted by Gasteiger charge is 2.14. The molecule has 3 N–H and O–H groups in total. The van der Waals surface area contributed by atoms with E-state index in [1.165, 1.54) is 18.6 Å². The van der Waals surface area contributed by atoms with Crippen molar-refractivity contribution in [3.8, 4) is 5.75 Å². The van der Waals surface area contributed by atoms with Crippen LogP contribution in [-0.2, 0) is 0 Å². The molecule has 2 rings (SSSR count). The molecule has 3 nitrogen and oxygen atoms in total. The predicted octanol–water partition coefficient (Wildman–Crippen LogP) is 2.58. The van der Waals surface area contributed by atoms with Crippen molar-refractivity contribution < 1.29 is 4.74 Å². The van der Waals surface area contributed by atoms with Gasteiger partial charge in [0.2, 0.25) is 0 Å². The standard InChI is InChI=1S/C12H18N2OS/c1-15-11-6-9(13)5-10(7-11)14-8-12-3-2-4-16-12/h5-7,12,14H,2-4,8,13H2,1H3. The van der Waals surface area contributed by atoms with Gasteiger partial charge in [0, 0.05) is 35.3 Å². The topological polar surface area (TPSA) is 47.3 Å². The van der Waals surface area contributed by atoms with Crippen molar-refractivity contribution in [1.82, 2.24) is 0 Å². The Kier molecular flexibility index (Phi) is 3.83. The van der Waals surface area contributed by atoms with E-state index in [-0.39, 0.29) is 0 Å². The first-order valence-corrected chi connectivity index (χ1v) is 6.63. The first-order valence-electron chi connectivity index (χ1n) is 5.58. The maximum Gasteiger partial charge on any atom is 0.122 e.